The number of thioether (sulfide) groups is 1. The number of carbonyl (C=O) groups excluding carboxylic acids is 1. The van der Waals surface area contributed by atoms with Gasteiger partial charge in [-0.25, -0.2) is 4.39 Å². The number of amides is 1. The molecule has 1 atom stereocenters. The van der Waals surface area contributed by atoms with E-state index in [1.54, 1.807) is 36.4 Å². The number of rotatable bonds is 5. The number of para-hydroxylation sites is 1. The lowest BCUT2D eigenvalue weighted by Crippen LogP contribution is -2.42. The van der Waals surface area contributed by atoms with E-state index in [4.69, 9.17) is 0 Å². The van der Waals surface area contributed by atoms with Crippen LogP contribution in [-0.2, 0) is 4.79 Å². The molecule has 0 aliphatic rings. The molecular weight excluding hydrogens is 289 g/mol. The van der Waals surface area contributed by atoms with Crippen molar-refractivity contribution in [2.24, 2.45) is 0 Å². The molecule has 0 heterocycles. The fourth-order valence-corrected chi connectivity index (χ4v) is 2.51. The maximum Gasteiger partial charge on any atom is 0.256 e. The van der Waals surface area contributed by atoms with Gasteiger partial charge in [-0.05, 0) is 43.3 Å². The minimum atomic E-state index is -1.52. The SMILES string of the molecule is C[C@@](O)(CSc1ccc(F)cc1)C(=O)Nc1ccccc1. The molecule has 2 aromatic carbocycles. The van der Waals surface area contributed by atoms with Crippen molar-refractivity contribution < 1.29 is 14.3 Å². The van der Waals surface area contributed by atoms with Crippen LogP contribution >= 0.6 is 11.8 Å². The monoisotopic (exact) mass is 305 g/mol. The number of hydrogen-bond donors (Lipinski definition) is 2. The first-order valence-electron chi connectivity index (χ1n) is 6.45. The van der Waals surface area contributed by atoms with E-state index in [0.717, 1.165) is 4.90 Å². The van der Waals surface area contributed by atoms with E-state index in [2.05, 4.69) is 5.32 Å². The molecule has 5 heteroatoms. The lowest BCUT2D eigenvalue weighted by molar-refractivity contribution is -0.130. The molecule has 0 unspecified atom stereocenters. The highest BCUT2D eigenvalue weighted by molar-refractivity contribution is 7.99. The van der Waals surface area contributed by atoms with Crippen LogP contribution in [0.5, 0.6) is 0 Å². The summed E-state index contributed by atoms with van der Waals surface area (Å²) < 4.78 is 12.8. The van der Waals surface area contributed by atoms with E-state index in [0.29, 0.717) is 5.69 Å². The van der Waals surface area contributed by atoms with Gasteiger partial charge < -0.3 is 10.4 Å². The molecular formula is C16H16FNO2S. The molecule has 0 saturated heterocycles. The summed E-state index contributed by atoms with van der Waals surface area (Å²) in [5, 5.41) is 12.9. The molecule has 0 fully saturated rings. The summed E-state index contributed by atoms with van der Waals surface area (Å²) in [4.78, 5) is 12.9. The molecule has 0 radical (unpaired) electrons. The highest BCUT2D eigenvalue weighted by Gasteiger charge is 2.30. The third-order valence-electron chi connectivity index (χ3n) is 2.85. The fraction of sp³-hybridized carbons (Fsp3) is 0.188. The molecule has 0 spiro atoms. The van der Waals surface area contributed by atoms with Gasteiger partial charge in [0.25, 0.3) is 5.91 Å². The van der Waals surface area contributed by atoms with Crippen molar-refractivity contribution in [3.8, 4) is 0 Å². The van der Waals surface area contributed by atoms with E-state index >= 15 is 0 Å². The van der Waals surface area contributed by atoms with E-state index in [9.17, 15) is 14.3 Å². The molecule has 0 bridgehead atoms. The van der Waals surface area contributed by atoms with Crippen LogP contribution in [0.2, 0.25) is 0 Å². The minimum absolute atomic E-state index is 0.178. The van der Waals surface area contributed by atoms with Gasteiger partial charge in [-0.15, -0.1) is 11.8 Å². The predicted octanol–water partition coefficient (Wildman–Crippen LogP) is 3.31. The van der Waals surface area contributed by atoms with Crippen molar-refractivity contribution in [2.45, 2.75) is 17.4 Å². The maximum absolute atomic E-state index is 12.8. The Kier molecular flexibility index (Phi) is 4.98. The van der Waals surface area contributed by atoms with Crippen LogP contribution in [-0.4, -0.2) is 22.4 Å². The second-order valence-electron chi connectivity index (χ2n) is 4.84. The summed E-state index contributed by atoms with van der Waals surface area (Å²) in [6.07, 6.45) is 0. The largest absolute Gasteiger partial charge is 0.379 e. The standard InChI is InChI=1S/C16H16FNO2S/c1-16(20,11-21-14-9-7-12(17)8-10-14)15(19)18-13-5-3-2-4-6-13/h2-10,20H,11H2,1H3,(H,18,19)/t16-/m1/s1. The Morgan fingerprint density at radius 1 is 1.19 bits per heavy atom. The Labute approximate surface area is 127 Å². The van der Waals surface area contributed by atoms with E-state index in [-0.39, 0.29) is 11.6 Å². The van der Waals surface area contributed by atoms with Crippen molar-refractivity contribution in [1.82, 2.24) is 0 Å². The van der Waals surface area contributed by atoms with E-state index < -0.39 is 11.5 Å². The van der Waals surface area contributed by atoms with Gasteiger partial charge >= 0.3 is 0 Å². The van der Waals surface area contributed by atoms with Gasteiger partial charge in [-0.2, -0.15) is 0 Å². The normalized spacial score (nSPS) is 13.5. The summed E-state index contributed by atoms with van der Waals surface area (Å²) in [6, 6.07) is 14.9. The highest BCUT2D eigenvalue weighted by Crippen LogP contribution is 2.24. The van der Waals surface area contributed by atoms with Crippen LogP contribution in [0.15, 0.2) is 59.5 Å². The maximum atomic E-state index is 12.8. The van der Waals surface area contributed by atoms with Crippen LogP contribution in [0.1, 0.15) is 6.92 Å². The van der Waals surface area contributed by atoms with Crippen LogP contribution in [0.4, 0.5) is 10.1 Å². The molecule has 110 valence electrons. The van der Waals surface area contributed by atoms with Crippen molar-refractivity contribution in [3.63, 3.8) is 0 Å². The summed E-state index contributed by atoms with van der Waals surface area (Å²) in [7, 11) is 0. The molecule has 0 aliphatic heterocycles. The number of anilines is 1. The first kappa shape index (κ1) is 15.5. The Bertz CT molecular complexity index is 599. The zero-order chi connectivity index (χ0) is 15.3. The number of hydrogen-bond acceptors (Lipinski definition) is 3. The predicted molar refractivity (Wildman–Crippen MR) is 82.8 cm³/mol. The van der Waals surface area contributed by atoms with Crippen molar-refractivity contribution >= 4 is 23.4 Å². The molecule has 0 aliphatic carbocycles. The Hall–Kier alpha value is -1.85. The lowest BCUT2D eigenvalue weighted by atomic mass is 10.1. The smallest absolute Gasteiger partial charge is 0.256 e. The average Bonchev–Trinajstić information content (AvgIpc) is 2.48. The first-order chi connectivity index (χ1) is 9.97. The van der Waals surface area contributed by atoms with Gasteiger partial charge in [0.2, 0.25) is 0 Å². The van der Waals surface area contributed by atoms with Crippen molar-refractivity contribution in [3.05, 3.63) is 60.4 Å². The molecule has 21 heavy (non-hydrogen) atoms. The van der Waals surface area contributed by atoms with Gasteiger partial charge in [-0.3, -0.25) is 4.79 Å². The topological polar surface area (TPSA) is 49.3 Å². The quantitative estimate of drug-likeness (QED) is 0.833. The minimum Gasteiger partial charge on any atom is -0.379 e. The molecule has 3 nitrogen and oxygen atoms in total. The number of halogens is 1. The van der Waals surface area contributed by atoms with Gasteiger partial charge in [0.1, 0.15) is 11.4 Å². The summed E-state index contributed by atoms with van der Waals surface area (Å²) in [5.74, 6) is -0.603. The van der Waals surface area contributed by atoms with Crippen LogP contribution < -0.4 is 5.32 Å². The summed E-state index contributed by atoms with van der Waals surface area (Å²) in [5.41, 5.74) is -0.885. The lowest BCUT2D eigenvalue weighted by Gasteiger charge is -2.22. The second kappa shape index (κ2) is 6.74. The first-order valence-corrected chi connectivity index (χ1v) is 7.43. The van der Waals surface area contributed by atoms with Crippen LogP contribution in [0, 0.1) is 5.82 Å². The average molecular weight is 305 g/mol. The van der Waals surface area contributed by atoms with E-state index in [1.165, 1.54) is 30.8 Å². The summed E-state index contributed by atoms with van der Waals surface area (Å²) in [6.45, 7) is 1.46. The molecule has 0 saturated carbocycles. The third-order valence-corrected chi connectivity index (χ3v) is 4.17. The van der Waals surface area contributed by atoms with Crippen LogP contribution in [0.3, 0.4) is 0 Å². The Morgan fingerprint density at radius 2 is 1.81 bits per heavy atom. The Morgan fingerprint density at radius 3 is 2.43 bits per heavy atom. The number of nitrogens with one attached hydrogen (secondary N) is 1. The highest BCUT2D eigenvalue weighted by atomic mass is 32.2. The Balaban J connectivity index is 1.94. The van der Waals surface area contributed by atoms with Gasteiger partial charge in [0.05, 0.1) is 0 Å². The molecule has 2 rings (SSSR count). The number of carbonyl (C=O) groups is 1. The van der Waals surface area contributed by atoms with Crippen LogP contribution in [0.25, 0.3) is 0 Å². The van der Waals surface area contributed by atoms with Crippen molar-refractivity contribution in [1.29, 1.82) is 0 Å². The van der Waals surface area contributed by atoms with Gasteiger partial charge in [-0.1, -0.05) is 18.2 Å². The van der Waals surface area contributed by atoms with Gasteiger partial charge in [0.15, 0.2) is 0 Å². The molecule has 0 aromatic heterocycles. The zero-order valence-electron chi connectivity index (χ0n) is 11.5. The molecule has 1 amide bonds. The number of aliphatic hydroxyl groups is 1. The number of benzene rings is 2. The second-order valence-corrected chi connectivity index (χ2v) is 5.89. The fourth-order valence-electron chi connectivity index (χ4n) is 1.61. The van der Waals surface area contributed by atoms with Gasteiger partial charge in [0, 0.05) is 16.3 Å². The molecule has 2 aromatic rings. The third kappa shape index (κ3) is 4.58. The summed E-state index contributed by atoms with van der Waals surface area (Å²) >= 11 is 1.30. The molecule has 2 N–H and O–H groups in total. The van der Waals surface area contributed by atoms with E-state index in [1.807, 2.05) is 6.07 Å². The van der Waals surface area contributed by atoms with Crippen molar-refractivity contribution in [2.75, 3.05) is 11.1 Å². The zero-order valence-corrected chi connectivity index (χ0v) is 12.4.